The van der Waals surface area contributed by atoms with Gasteiger partial charge < -0.3 is 9.47 Å². The Hall–Kier alpha value is -3.27. The molecular weight excluding hydrogens is 463 g/mol. The van der Waals surface area contributed by atoms with E-state index in [-0.39, 0.29) is 24.3 Å². The molecule has 0 fully saturated rings. The van der Waals surface area contributed by atoms with E-state index in [0.717, 1.165) is 10.5 Å². The zero-order valence-corrected chi connectivity index (χ0v) is 20.0. The SMILES string of the molecule is CCOc1cc(/C=C2/C(=O)N(CC)C(=O)C(C#N)=C2C)ccc1OCc1ccc(Cl)cc1Cl. The smallest absolute Gasteiger partial charge is 0.271 e. The molecule has 0 spiro atoms. The summed E-state index contributed by atoms with van der Waals surface area (Å²) in [5, 5.41) is 10.5. The van der Waals surface area contributed by atoms with Crippen LogP contribution in [0.5, 0.6) is 11.5 Å². The van der Waals surface area contributed by atoms with Crippen LogP contribution in [0.25, 0.3) is 6.08 Å². The predicted octanol–water partition coefficient (Wildman–Crippen LogP) is 5.58. The lowest BCUT2D eigenvalue weighted by Crippen LogP contribution is -2.42. The Labute approximate surface area is 202 Å². The minimum atomic E-state index is -0.570. The standard InChI is InChI=1S/C25H22Cl2N2O4/c1-4-29-24(30)19(15(3)20(13-28)25(29)31)10-16-6-9-22(23(11-16)32-5-2)33-14-17-7-8-18(26)12-21(17)27/h6-12H,4-5,14H2,1-3H3/b19-10+. The van der Waals surface area contributed by atoms with Gasteiger partial charge in [-0.2, -0.15) is 5.26 Å². The molecule has 33 heavy (non-hydrogen) atoms. The van der Waals surface area contributed by atoms with Gasteiger partial charge in [0.05, 0.1) is 6.61 Å². The van der Waals surface area contributed by atoms with E-state index in [1.807, 2.05) is 13.0 Å². The molecule has 6 nitrogen and oxygen atoms in total. The monoisotopic (exact) mass is 484 g/mol. The first-order chi connectivity index (χ1) is 15.8. The molecule has 0 N–H and O–H groups in total. The average Bonchev–Trinajstić information content (AvgIpc) is 2.78. The highest BCUT2D eigenvalue weighted by Crippen LogP contribution is 2.33. The van der Waals surface area contributed by atoms with Gasteiger partial charge >= 0.3 is 0 Å². The number of benzene rings is 2. The normalized spacial score (nSPS) is 15.2. The number of carbonyl (C=O) groups excluding carboxylic acids is 2. The van der Waals surface area contributed by atoms with E-state index in [1.54, 1.807) is 56.3 Å². The lowest BCUT2D eigenvalue weighted by Gasteiger charge is -2.26. The molecule has 2 aromatic rings. The van der Waals surface area contributed by atoms with E-state index in [4.69, 9.17) is 32.7 Å². The molecule has 0 atom stereocenters. The lowest BCUT2D eigenvalue weighted by atomic mass is 9.93. The summed E-state index contributed by atoms with van der Waals surface area (Å²) in [7, 11) is 0. The van der Waals surface area contributed by atoms with Crippen molar-refractivity contribution >= 4 is 41.1 Å². The number of carbonyl (C=O) groups is 2. The summed E-state index contributed by atoms with van der Waals surface area (Å²) in [6.07, 6.45) is 1.65. The first kappa shape index (κ1) is 24.4. The Morgan fingerprint density at radius 3 is 2.42 bits per heavy atom. The zero-order valence-electron chi connectivity index (χ0n) is 18.4. The molecule has 1 aliphatic heterocycles. The summed E-state index contributed by atoms with van der Waals surface area (Å²) >= 11 is 12.2. The van der Waals surface area contributed by atoms with Gasteiger partial charge in [-0.15, -0.1) is 0 Å². The van der Waals surface area contributed by atoms with Crippen molar-refractivity contribution in [3.05, 3.63) is 74.3 Å². The fourth-order valence-electron chi connectivity index (χ4n) is 3.38. The molecule has 1 aliphatic rings. The molecule has 8 heteroatoms. The van der Waals surface area contributed by atoms with Gasteiger partial charge in [-0.3, -0.25) is 14.5 Å². The third-order valence-corrected chi connectivity index (χ3v) is 5.71. The van der Waals surface area contributed by atoms with Gasteiger partial charge in [0.15, 0.2) is 11.5 Å². The van der Waals surface area contributed by atoms with Gasteiger partial charge in [0.1, 0.15) is 18.2 Å². The highest BCUT2D eigenvalue weighted by Gasteiger charge is 2.34. The number of nitriles is 1. The van der Waals surface area contributed by atoms with Gasteiger partial charge in [-0.1, -0.05) is 35.3 Å². The number of rotatable bonds is 7. The van der Waals surface area contributed by atoms with E-state index >= 15 is 0 Å². The molecule has 0 aliphatic carbocycles. The van der Waals surface area contributed by atoms with E-state index < -0.39 is 11.8 Å². The van der Waals surface area contributed by atoms with Crippen molar-refractivity contribution in [1.29, 1.82) is 5.26 Å². The molecule has 2 amide bonds. The molecule has 2 aromatic carbocycles. The number of ether oxygens (including phenoxy) is 2. The fourth-order valence-corrected chi connectivity index (χ4v) is 3.84. The predicted molar refractivity (Wildman–Crippen MR) is 127 cm³/mol. The van der Waals surface area contributed by atoms with Gasteiger partial charge in [-0.25, -0.2) is 0 Å². The van der Waals surface area contributed by atoms with Crippen LogP contribution in [-0.2, 0) is 16.2 Å². The molecule has 1 heterocycles. The molecular formula is C25H22Cl2N2O4. The summed E-state index contributed by atoms with van der Waals surface area (Å²) in [4.78, 5) is 26.3. The van der Waals surface area contributed by atoms with Gasteiger partial charge in [0.25, 0.3) is 11.8 Å². The van der Waals surface area contributed by atoms with Gasteiger partial charge in [0.2, 0.25) is 0 Å². The van der Waals surface area contributed by atoms with Crippen LogP contribution in [0.1, 0.15) is 31.9 Å². The van der Waals surface area contributed by atoms with Crippen molar-refractivity contribution in [2.75, 3.05) is 13.2 Å². The summed E-state index contributed by atoms with van der Waals surface area (Å²) in [6.45, 7) is 5.95. The van der Waals surface area contributed by atoms with E-state index in [1.165, 1.54) is 0 Å². The highest BCUT2D eigenvalue weighted by atomic mass is 35.5. The number of amides is 2. The lowest BCUT2D eigenvalue weighted by molar-refractivity contribution is -0.140. The first-order valence-electron chi connectivity index (χ1n) is 10.3. The molecule has 3 rings (SSSR count). The van der Waals surface area contributed by atoms with Crippen LogP contribution in [0.2, 0.25) is 10.0 Å². The van der Waals surface area contributed by atoms with Crippen LogP contribution < -0.4 is 9.47 Å². The maximum Gasteiger partial charge on any atom is 0.271 e. The maximum absolute atomic E-state index is 12.9. The second-order valence-corrected chi connectivity index (χ2v) is 8.03. The van der Waals surface area contributed by atoms with Crippen LogP contribution in [0.3, 0.4) is 0 Å². The molecule has 0 saturated heterocycles. The number of hydrogen-bond acceptors (Lipinski definition) is 5. The summed E-state index contributed by atoms with van der Waals surface area (Å²) in [6, 6.07) is 12.4. The minimum absolute atomic E-state index is 0.0347. The molecule has 0 bridgehead atoms. The number of imide groups is 1. The van der Waals surface area contributed by atoms with Crippen molar-refractivity contribution in [3.63, 3.8) is 0 Å². The number of hydrogen-bond donors (Lipinski definition) is 0. The van der Waals surface area contributed by atoms with E-state index in [0.29, 0.717) is 39.3 Å². The van der Waals surface area contributed by atoms with Crippen molar-refractivity contribution in [2.24, 2.45) is 0 Å². The van der Waals surface area contributed by atoms with Crippen LogP contribution >= 0.6 is 23.2 Å². The highest BCUT2D eigenvalue weighted by molar-refractivity contribution is 6.35. The van der Waals surface area contributed by atoms with Crippen molar-refractivity contribution in [3.8, 4) is 17.6 Å². The Morgan fingerprint density at radius 1 is 1.03 bits per heavy atom. The van der Waals surface area contributed by atoms with Crippen LogP contribution in [0, 0.1) is 11.3 Å². The second-order valence-electron chi connectivity index (χ2n) is 7.19. The maximum atomic E-state index is 12.9. The molecule has 0 aromatic heterocycles. The zero-order chi connectivity index (χ0) is 24.1. The first-order valence-corrected chi connectivity index (χ1v) is 11.1. The fraction of sp³-hybridized carbons (Fsp3) is 0.240. The summed E-state index contributed by atoms with van der Waals surface area (Å²) < 4.78 is 11.7. The number of nitrogens with zero attached hydrogens (tertiary/aromatic N) is 2. The summed E-state index contributed by atoms with van der Waals surface area (Å²) in [5.41, 5.74) is 2.05. The third kappa shape index (κ3) is 5.22. The van der Waals surface area contributed by atoms with Crippen LogP contribution in [0.4, 0.5) is 0 Å². The molecule has 170 valence electrons. The topological polar surface area (TPSA) is 79.6 Å². The van der Waals surface area contributed by atoms with Crippen molar-refractivity contribution < 1.29 is 19.1 Å². The number of likely N-dealkylation sites (N-methyl/N-ethyl adjacent to an activating group) is 1. The Morgan fingerprint density at radius 2 is 1.79 bits per heavy atom. The third-order valence-electron chi connectivity index (χ3n) is 5.12. The second kappa shape index (κ2) is 10.6. The Balaban J connectivity index is 1.94. The molecule has 0 unspecified atom stereocenters. The van der Waals surface area contributed by atoms with E-state index in [9.17, 15) is 14.9 Å². The summed E-state index contributed by atoms with van der Waals surface area (Å²) in [5.74, 6) is -0.00462. The van der Waals surface area contributed by atoms with Gasteiger partial charge in [0, 0.05) is 27.7 Å². The molecule has 0 saturated carbocycles. The largest absolute Gasteiger partial charge is 0.490 e. The van der Waals surface area contributed by atoms with Crippen LogP contribution in [0.15, 0.2) is 53.1 Å². The minimum Gasteiger partial charge on any atom is -0.490 e. The average molecular weight is 485 g/mol. The quantitative estimate of drug-likeness (QED) is 0.378. The van der Waals surface area contributed by atoms with Crippen LogP contribution in [-0.4, -0.2) is 29.9 Å². The molecule has 0 radical (unpaired) electrons. The van der Waals surface area contributed by atoms with Crippen molar-refractivity contribution in [2.45, 2.75) is 27.4 Å². The van der Waals surface area contributed by atoms with E-state index in [2.05, 4.69) is 0 Å². The Bertz CT molecular complexity index is 1210. The van der Waals surface area contributed by atoms with Gasteiger partial charge in [-0.05, 0) is 62.2 Å². The van der Waals surface area contributed by atoms with Crippen molar-refractivity contribution in [1.82, 2.24) is 4.90 Å². The Kier molecular flexibility index (Phi) is 7.80. The number of halogens is 2.